The van der Waals surface area contributed by atoms with E-state index in [1.807, 2.05) is 20.8 Å². The third-order valence-electron chi connectivity index (χ3n) is 2.45. The predicted molar refractivity (Wildman–Crippen MR) is 79.1 cm³/mol. The van der Waals surface area contributed by atoms with Gasteiger partial charge in [0.15, 0.2) is 0 Å². The first-order chi connectivity index (χ1) is 9.26. The Kier molecular flexibility index (Phi) is 4.16. The van der Waals surface area contributed by atoms with Crippen molar-refractivity contribution in [1.82, 2.24) is 9.97 Å². The van der Waals surface area contributed by atoms with Crippen LogP contribution in [0.3, 0.4) is 0 Å². The summed E-state index contributed by atoms with van der Waals surface area (Å²) in [5.74, 6) is -0.381. The van der Waals surface area contributed by atoms with Gasteiger partial charge < -0.3 is 4.74 Å². The van der Waals surface area contributed by atoms with Gasteiger partial charge in [0.05, 0.1) is 22.7 Å². The van der Waals surface area contributed by atoms with Crippen molar-refractivity contribution in [3.63, 3.8) is 0 Å². The third-order valence-corrected chi connectivity index (χ3v) is 2.94. The molecule has 0 bridgehead atoms. The van der Waals surface area contributed by atoms with Gasteiger partial charge in [-0.05, 0) is 44.5 Å². The first-order valence-corrected chi connectivity index (χ1v) is 6.84. The summed E-state index contributed by atoms with van der Waals surface area (Å²) >= 11 is 12.0. The van der Waals surface area contributed by atoms with Crippen LogP contribution in [0, 0.1) is 0 Å². The van der Waals surface area contributed by atoms with E-state index in [9.17, 15) is 4.79 Å². The maximum absolute atomic E-state index is 11.9. The number of esters is 1. The average molecular weight is 313 g/mol. The highest BCUT2D eigenvalue weighted by Gasteiger charge is 2.19. The molecule has 1 heterocycles. The Hall–Kier alpha value is -1.39. The molecule has 0 saturated carbocycles. The molecule has 106 valence electrons. The molecule has 0 spiro atoms. The van der Waals surface area contributed by atoms with Gasteiger partial charge in [-0.15, -0.1) is 0 Å². The number of hydrogen-bond acceptors (Lipinski definition) is 4. The van der Waals surface area contributed by atoms with Gasteiger partial charge in [-0.2, -0.15) is 0 Å². The normalized spacial score (nSPS) is 11.7. The zero-order valence-corrected chi connectivity index (χ0v) is 12.9. The zero-order chi connectivity index (χ0) is 14.9. The van der Waals surface area contributed by atoms with E-state index in [0.29, 0.717) is 21.6 Å². The Morgan fingerprint density at radius 2 is 1.95 bits per heavy atom. The number of rotatable bonds is 2. The van der Waals surface area contributed by atoms with Crippen LogP contribution in [-0.4, -0.2) is 21.5 Å². The lowest BCUT2D eigenvalue weighted by molar-refractivity contribution is -0.153. The molecule has 1 aromatic heterocycles. The predicted octanol–water partition coefficient (Wildman–Crippen LogP) is 3.82. The van der Waals surface area contributed by atoms with E-state index in [1.165, 1.54) is 0 Å². The molecule has 0 atom stereocenters. The van der Waals surface area contributed by atoms with Gasteiger partial charge in [-0.3, -0.25) is 4.79 Å². The zero-order valence-electron chi connectivity index (χ0n) is 11.4. The van der Waals surface area contributed by atoms with E-state index in [2.05, 4.69) is 9.97 Å². The van der Waals surface area contributed by atoms with Crippen LogP contribution in [0.5, 0.6) is 0 Å². The Balaban J connectivity index is 2.41. The standard InChI is InChI=1S/C14H14Cl2N2O2/c1-14(2,3)20-11(19)7-10-12-8(15)5-4-6-9(12)17-13(16)18-10/h4-6H,7H2,1-3H3. The van der Waals surface area contributed by atoms with Crippen LogP contribution < -0.4 is 0 Å². The van der Waals surface area contributed by atoms with Crippen molar-refractivity contribution < 1.29 is 9.53 Å². The molecule has 2 rings (SSSR count). The van der Waals surface area contributed by atoms with Gasteiger partial charge in [-0.25, -0.2) is 9.97 Å². The molecule has 0 aliphatic heterocycles. The van der Waals surface area contributed by atoms with E-state index < -0.39 is 5.60 Å². The Bertz CT molecular complexity index is 666. The lowest BCUT2D eigenvalue weighted by Crippen LogP contribution is -2.25. The highest BCUT2D eigenvalue weighted by Crippen LogP contribution is 2.26. The van der Waals surface area contributed by atoms with Crippen molar-refractivity contribution in [3.05, 3.63) is 34.2 Å². The van der Waals surface area contributed by atoms with Crippen LogP contribution in [0.15, 0.2) is 18.2 Å². The Morgan fingerprint density at radius 1 is 1.25 bits per heavy atom. The summed E-state index contributed by atoms with van der Waals surface area (Å²) in [5, 5.41) is 1.19. The summed E-state index contributed by atoms with van der Waals surface area (Å²) in [6.07, 6.45) is -0.000255. The molecule has 0 radical (unpaired) electrons. The first-order valence-electron chi connectivity index (χ1n) is 6.09. The number of carbonyl (C=O) groups excluding carboxylic acids is 1. The van der Waals surface area contributed by atoms with Crippen LogP contribution >= 0.6 is 23.2 Å². The molecule has 0 aliphatic carbocycles. The summed E-state index contributed by atoms with van der Waals surface area (Å²) in [4.78, 5) is 20.1. The highest BCUT2D eigenvalue weighted by atomic mass is 35.5. The smallest absolute Gasteiger partial charge is 0.312 e. The highest BCUT2D eigenvalue weighted by molar-refractivity contribution is 6.36. The molecule has 0 aliphatic rings. The van der Waals surface area contributed by atoms with Crippen molar-refractivity contribution in [2.24, 2.45) is 0 Å². The van der Waals surface area contributed by atoms with E-state index in [-0.39, 0.29) is 17.7 Å². The molecular formula is C14H14Cl2N2O2. The molecule has 0 unspecified atom stereocenters. The molecule has 0 saturated heterocycles. The molecule has 1 aromatic carbocycles. The molecule has 6 heteroatoms. The van der Waals surface area contributed by atoms with Crippen molar-refractivity contribution in [2.75, 3.05) is 0 Å². The van der Waals surface area contributed by atoms with Crippen molar-refractivity contribution in [1.29, 1.82) is 0 Å². The van der Waals surface area contributed by atoms with E-state index >= 15 is 0 Å². The third kappa shape index (κ3) is 3.58. The number of carbonyl (C=O) groups is 1. The van der Waals surface area contributed by atoms with Crippen LogP contribution in [0.25, 0.3) is 10.9 Å². The fraction of sp³-hybridized carbons (Fsp3) is 0.357. The maximum Gasteiger partial charge on any atom is 0.312 e. The largest absolute Gasteiger partial charge is 0.460 e. The molecular weight excluding hydrogens is 299 g/mol. The van der Waals surface area contributed by atoms with Crippen molar-refractivity contribution in [3.8, 4) is 0 Å². The minimum Gasteiger partial charge on any atom is -0.460 e. The number of ether oxygens (including phenoxy) is 1. The number of benzene rings is 1. The van der Waals surface area contributed by atoms with Crippen molar-refractivity contribution >= 4 is 40.1 Å². The van der Waals surface area contributed by atoms with Crippen molar-refractivity contribution in [2.45, 2.75) is 32.8 Å². The number of hydrogen-bond donors (Lipinski definition) is 0. The van der Waals surface area contributed by atoms with E-state index in [0.717, 1.165) is 0 Å². The lowest BCUT2D eigenvalue weighted by atomic mass is 10.1. The molecule has 0 N–H and O–H groups in total. The second kappa shape index (κ2) is 5.54. The molecule has 0 fully saturated rings. The molecule has 20 heavy (non-hydrogen) atoms. The van der Waals surface area contributed by atoms with Gasteiger partial charge >= 0.3 is 5.97 Å². The minimum absolute atomic E-state index is 0.000255. The SMILES string of the molecule is CC(C)(C)OC(=O)Cc1nc(Cl)nc2cccc(Cl)c12. The Morgan fingerprint density at radius 3 is 2.60 bits per heavy atom. The monoisotopic (exact) mass is 312 g/mol. The lowest BCUT2D eigenvalue weighted by Gasteiger charge is -2.19. The van der Waals surface area contributed by atoms with Crippen LogP contribution in [0.4, 0.5) is 0 Å². The second-order valence-electron chi connectivity index (χ2n) is 5.34. The fourth-order valence-electron chi connectivity index (χ4n) is 1.83. The maximum atomic E-state index is 11.9. The first kappa shape index (κ1) is 15.0. The average Bonchev–Trinajstić information content (AvgIpc) is 2.25. The van der Waals surface area contributed by atoms with E-state index in [1.54, 1.807) is 18.2 Å². The Labute approximate surface area is 127 Å². The van der Waals surface area contributed by atoms with Gasteiger partial charge in [0.25, 0.3) is 0 Å². The quantitative estimate of drug-likeness (QED) is 0.625. The second-order valence-corrected chi connectivity index (χ2v) is 6.08. The van der Waals surface area contributed by atoms with Gasteiger partial charge in [-0.1, -0.05) is 17.7 Å². The number of fused-ring (bicyclic) bond motifs is 1. The summed E-state index contributed by atoms with van der Waals surface area (Å²) in [5.41, 5.74) is 0.531. The summed E-state index contributed by atoms with van der Waals surface area (Å²) in [6, 6.07) is 5.26. The minimum atomic E-state index is -0.548. The fourth-order valence-corrected chi connectivity index (χ4v) is 2.30. The number of nitrogens with zero attached hydrogens (tertiary/aromatic N) is 2. The summed E-state index contributed by atoms with van der Waals surface area (Å²) in [7, 11) is 0. The molecule has 4 nitrogen and oxygen atoms in total. The van der Waals surface area contributed by atoms with Crippen LogP contribution in [0.2, 0.25) is 10.3 Å². The summed E-state index contributed by atoms with van der Waals surface area (Å²) in [6.45, 7) is 5.43. The summed E-state index contributed by atoms with van der Waals surface area (Å²) < 4.78 is 5.28. The van der Waals surface area contributed by atoms with Crippen LogP contribution in [-0.2, 0) is 16.0 Å². The number of aromatic nitrogens is 2. The van der Waals surface area contributed by atoms with Gasteiger partial charge in [0.2, 0.25) is 5.28 Å². The van der Waals surface area contributed by atoms with Gasteiger partial charge in [0, 0.05) is 5.39 Å². The van der Waals surface area contributed by atoms with Crippen LogP contribution in [0.1, 0.15) is 26.5 Å². The molecule has 0 amide bonds. The van der Waals surface area contributed by atoms with Gasteiger partial charge in [0.1, 0.15) is 5.60 Å². The van der Waals surface area contributed by atoms with E-state index in [4.69, 9.17) is 27.9 Å². The topological polar surface area (TPSA) is 52.1 Å². The molecule has 2 aromatic rings. The number of halogens is 2.